The molecule has 4 amide bonds. The highest BCUT2D eigenvalue weighted by molar-refractivity contribution is 6.21. The van der Waals surface area contributed by atoms with Crippen LogP contribution in [0.1, 0.15) is 27.0 Å². The number of fused-ring (bicyclic) bond motifs is 3. The second kappa shape index (κ2) is 8.43. The number of nitrogens with one attached hydrogen (secondary N) is 2. The summed E-state index contributed by atoms with van der Waals surface area (Å²) >= 11 is 0. The standard InChI is InChI=1S/C28H24N4O3/c33-26(29-13-12-20-16-30-24-11-4-3-10-23(20)24)19-8-5-9-22(14-19)32-27(34)25-15-18-6-1-2-7-21(18)17-31(25)28(32)35/h1-11,14,16,25,30H,12-13,15,17H2,(H,29,33)/t25-/m1/s1. The zero-order chi connectivity index (χ0) is 23.9. The zero-order valence-electron chi connectivity index (χ0n) is 19.0. The fraction of sp³-hybridized carbons (Fsp3) is 0.179. The van der Waals surface area contributed by atoms with Crippen LogP contribution in [0.5, 0.6) is 0 Å². The number of para-hydroxylation sites is 1. The monoisotopic (exact) mass is 464 g/mol. The summed E-state index contributed by atoms with van der Waals surface area (Å²) in [7, 11) is 0. The van der Waals surface area contributed by atoms with Crippen LogP contribution in [0.4, 0.5) is 10.5 Å². The lowest BCUT2D eigenvalue weighted by Gasteiger charge is -2.28. The van der Waals surface area contributed by atoms with E-state index in [0.717, 1.165) is 27.6 Å². The molecule has 0 bridgehead atoms. The minimum atomic E-state index is -0.508. The number of rotatable bonds is 5. The molecule has 1 saturated heterocycles. The highest BCUT2D eigenvalue weighted by Crippen LogP contribution is 2.33. The average molecular weight is 465 g/mol. The number of carbonyl (C=O) groups is 3. The van der Waals surface area contributed by atoms with Gasteiger partial charge in [-0.3, -0.25) is 9.59 Å². The van der Waals surface area contributed by atoms with Gasteiger partial charge in [-0.05, 0) is 47.4 Å². The molecule has 4 aromatic rings. The lowest BCUT2D eigenvalue weighted by Crippen LogP contribution is -2.39. The third-order valence-corrected chi connectivity index (χ3v) is 6.91. The summed E-state index contributed by atoms with van der Waals surface area (Å²) < 4.78 is 0. The van der Waals surface area contributed by atoms with Gasteiger partial charge in [0.05, 0.1) is 5.69 Å². The summed E-state index contributed by atoms with van der Waals surface area (Å²) in [5.41, 5.74) is 5.20. The van der Waals surface area contributed by atoms with Crippen LogP contribution in [-0.2, 0) is 24.2 Å². The molecule has 2 aliphatic rings. The Morgan fingerprint density at radius 2 is 1.77 bits per heavy atom. The first-order valence-corrected chi connectivity index (χ1v) is 11.7. The van der Waals surface area contributed by atoms with Crippen LogP contribution in [0.2, 0.25) is 0 Å². The van der Waals surface area contributed by atoms with Crippen molar-refractivity contribution in [2.24, 2.45) is 0 Å². The third-order valence-electron chi connectivity index (χ3n) is 6.91. The van der Waals surface area contributed by atoms with Crippen molar-refractivity contribution < 1.29 is 14.4 Å². The van der Waals surface area contributed by atoms with E-state index in [0.29, 0.717) is 37.2 Å². The van der Waals surface area contributed by atoms with Crippen molar-refractivity contribution >= 4 is 34.4 Å². The molecule has 3 aromatic carbocycles. The lowest BCUT2D eigenvalue weighted by molar-refractivity contribution is -0.120. The Labute approximate surface area is 202 Å². The topological polar surface area (TPSA) is 85.5 Å². The highest BCUT2D eigenvalue weighted by Gasteiger charge is 2.47. The molecule has 7 heteroatoms. The minimum absolute atomic E-state index is 0.240. The van der Waals surface area contributed by atoms with E-state index in [1.54, 1.807) is 29.2 Å². The molecule has 2 aliphatic heterocycles. The first kappa shape index (κ1) is 21.2. The number of H-pyrrole nitrogens is 1. The van der Waals surface area contributed by atoms with Gasteiger partial charge in [-0.2, -0.15) is 0 Å². The Hall–Kier alpha value is -4.39. The van der Waals surface area contributed by atoms with E-state index in [2.05, 4.69) is 16.4 Å². The molecule has 1 atom stereocenters. The molecule has 0 saturated carbocycles. The predicted octanol–water partition coefficient (Wildman–Crippen LogP) is 4.03. The summed E-state index contributed by atoms with van der Waals surface area (Å²) in [5.74, 6) is -0.489. The van der Waals surface area contributed by atoms with Gasteiger partial charge in [0.2, 0.25) is 0 Å². The molecule has 1 fully saturated rings. The maximum absolute atomic E-state index is 13.2. The Bertz CT molecular complexity index is 1430. The van der Waals surface area contributed by atoms with Crippen LogP contribution in [-0.4, -0.2) is 40.3 Å². The van der Waals surface area contributed by atoms with Crippen molar-refractivity contribution in [1.82, 2.24) is 15.2 Å². The van der Waals surface area contributed by atoms with Crippen LogP contribution >= 0.6 is 0 Å². The van der Waals surface area contributed by atoms with Crippen LogP contribution < -0.4 is 10.2 Å². The number of anilines is 1. The van der Waals surface area contributed by atoms with Crippen molar-refractivity contribution in [2.75, 3.05) is 11.4 Å². The van der Waals surface area contributed by atoms with Crippen molar-refractivity contribution in [2.45, 2.75) is 25.4 Å². The van der Waals surface area contributed by atoms with Gasteiger partial charge in [-0.1, -0.05) is 48.5 Å². The van der Waals surface area contributed by atoms with Gasteiger partial charge in [-0.15, -0.1) is 0 Å². The van der Waals surface area contributed by atoms with Crippen LogP contribution in [0, 0.1) is 0 Å². The Kier molecular flexibility index (Phi) is 5.10. The summed E-state index contributed by atoms with van der Waals surface area (Å²) in [6, 6.07) is 21.8. The van der Waals surface area contributed by atoms with E-state index in [1.165, 1.54) is 4.90 Å². The number of aromatic amines is 1. The number of carbonyl (C=O) groups excluding carboxylic acids is 3. The normalized spacial score (nSPS) is 17.0. The summed E-state index contributed by atoms with van der Waals surface area (Å²) in [4.78, 5) is 45.3. The fourth-order valence-corrected chi connectivity index (χ4v) is 5.09. The van der Waals surface area contributed by atoms with E-state index in [4.69, 9.17) is 0 Å². The van der Waals surface area contributed by atoms with Gasteiger partial charge >= 0.3 is 6.03 Å². The van der Waals surface area contributed by atoms with Crippen LogP contribution in [0.3, 0.4) is 0 Å². The largest absolute Gasteiger partial charge is 0.361 e. The van der Waals surface area contributed by atoms with Crippen molar-refractivity contribution in [1.29, 1.82) is 0 Å². The maximum atomic E-state index is 13.2. The molecule has 7 nitrogen and oxygen atoms in total. The third kappa shape index (κ3) is 3.65. The molecule has 0 spiro atoms. The molecule has 1 aromatic heterocycles. The van der Waals surface area contributed by atoms with Gasteiger partial charge in [-0.25, -0.2) is 9.69 Å². The molecule has 174 valence electrons. The fourth-order valence-electron chi connectivity index (χ4n) is 5.09. The second-order valence-electron chi connectivity index (χ2n) is 8.99. The first-order chi connectivity index (χ1) is 17.1. The molecule has 0 unspecified atom stereocenters. The lowest BCUT2D eigenvalue weighted by atomic mass is 9.95. The Morgan fingerprint density at radius 3 is 2.66 bits per heavy atom. The molecule has 0 aliphatic carbocycles. The van der Waals surface area contributed by atoms with Crippen molar-refractivity contribution in [3.63, 3.8) is 0 Å². The van der Waals surface area contributed by atoms with Gasteiger partial charge < -0.3 is 15.2 Å². The summed E-state index contributed by atoms with van der Waals surface area (Å²) in [6.45, 7) is 0.885. The number of imide groups is 1. The van der Waals surface area contributed by atoms with Crippen LogP contribution in [0.15, 0.2) is 79.0 Å². The summed E-state index contributed by atoms with van der Waals surface area (Å²) in [6.07, 6.45) is 3.16. The number of benzene rings is 3. The predicted molar refractivity (Wildman–Crippen MR) is 133 cm³/mol. The van der Waals surface area contributed by atoms with E-state index in [1.807, 2.05) is 48.7 Å². The second-order valence-corrected chi connectivity index (χ2v) is 8.99. The number of amides is 4. The molecule has 0 radical (unpaired) electrons. The van der Waals surface area contributed by atoms with Crippen molar-refractivity contribution in [3.05, 3.63) is 101 Å². The molecule has 2 N–H and O–H groups in total. The number of aromatic nitrogens is 1. The SMILES string of the molecule is O=C(NCCc1c[nH]c2ccccc12)c1cccc(N2C(=O)[C@H]3Cc4ccccc4CN3C2=O)c1. The van der Waals surface area contributed by atoms with Gasteiger partial charge in [0.15, 0.2) is 0 Å². The number of urea groups is 1. The first-order valence-electron chi connectivity index (χ1n) is 11.7. The van der Waals surface area contributed by atoms with E-state index in [9.17, 15) is 14.4 Å². The Morgan fingerprint density at radius 1 is 0.971 bits per heavy atom. The maximum Gasteiger partial charge on any atom is 0.332 e. The molecule has 3 heterocycles. The molecule has 6 rings (SSSR count). The number of hydrogen-bond donors (Lipinski definition) is 2. The van der Waals surface area contributed by atoms with E-state index < -0.39 is 6.04 Å². The Balaban J connectivity index is 1.16. The van der Waals surface area contributed by atoms with E-state index >= 15 is 0 Å². The van der Waals surface area contributed by atoms with Crippen LogP contribution in [0.25, 0.3) is 10.9 Å². The number of nitrogens with zero attached hydrogens (tertiary/aromatic N) is 2. The molecular weight excluding hydrogens is 440 g/mol. The minimum Gasteiger partial charge on any atom is -0.361 e. The van der Waals surface area contributed by atoms with Gasteiger partial charge in [0, 0.05) is 42.2 Å². The zero-order valence-corrected chi connectivity index (χ0v) is 19.0. The number of hydrogen-bond acceptors (Lipinski definition) is 3. The molecule has 35 heavy (non-hydrogen) atoms. The average Bonchev–Trinajstić information content (AvgIpc) is 3.41. The van der Waals surface area contributed by atoms with Gasteiger partial charge in [0.25, 0.3) is 11.8 Å². The van der Waals surface area contributed by atoms with Crippen molar-refractivity contribution in [3.8, 4) is 0 Å². The highest BCUT2D eigenvalue weighted by atomic mass is 16.2. The smallest absolute Gasteiger partial charge is 0.332 e. The quantitative estimate of drug-likeness (QED) is 0.437. The van der Waals surface area contributed by atoms with E-state index in [-0.39, 0.29) is 17.8 Å². The summed E-state index contributed by atoms with van der Waals surface area (Å²) in [5, 5.41) is 4.10. The van der Waals surface area contributed by atoms with Gasteiger partial charge in [0.1, 0.15) is 6.04 Å². The molecular formula is C28H24N4O3.